The van der Waals surface area contributed by atoms with Gasteiger partial charge in [0.25, 0.3) is 0 Å². The maximum Gasteiger partial charge on any atom is 0.313 e. The second kappa shape index (κ2) is 2.95. The molecule has 2 heterocycles. The van der Waals surface area contributed by atoms with Crippen LogP contribution in [0.3, 0.4) is 0 Å². The molecule has 5 nitrogen and oxygen atoms in total. The summed E-state index contributed by atoms with van der Waals surface area (Å²) in [4.78, 5) is 23.1. The van der Waals surface area contributed by atoms with Crippen LogP contribution in [-0.4, -0.2) is 27.6 Å². The summed E-state index contributed by atoms with van der Waals surface area (Å²) in [6.45, 7) is 0. The Labute approximate surface area is 79.3 Å². The van der Waals surface area contributed by atoms with Gasteiger partial charge in [0.05, 0.1) is 17.2 Å². The number of rotatable bonds is 1. The molecule has 0 saturated carbocycles. The zero-order valence-electron chi connectivity index (χ0n) is 6.77. The number of nitrogens with one attached hydrogen (secondary N) is 1. The highest BCUT2D eigenvalue weighted by atomic mass is 32.2. The van der Waals surface area contributed by atoms with Crippen LogP contribution >= 0.6 is 11.8 Å². The number of β-lactam (4-membered cyclic amide) rings is 1. The first-order valence-electron chi connectivity index (χ1n) is 3.88. The molecule has 1 fully saturated rings. The lowest BCUT2D eigenvalue weighted by Crippen LogP contribution is -2.52. The Morgan fingerprint density at radius 1 is 1.77 bits per heavy atom. The maximum atomic E-state index is 10.9. The van der Waals surface area contributed by atoms with Gasteiger partial charge in [0.1, 0.15) is 0 Å². The Morgan fingerprint density at radius 2 is 2.54 bits per heavy atom. The highest BCUT2D eigenvalue weighted by Crippen LogP contribution is 2.35. The van der Waals surface area contributed by atoms with E-state index in [1.54, 1.807) is 17.2 Å². The van der Waals surface area contributed by atoms with Crippen LogP contribution in [0, 0.1) is 0 Å². The normalized spacial score (nSPS) is 30.8. The second-order valence-electron chi connectivity index (χ2n) is 2.87. The van der Waals surface area contributed by atoms with E-state index >= 15 is 0 Å². The van der Waals surface area contributed by atoms with Crippen molar-refractivity contribution in [1.82, 2.24) is 10.2 Å². The summed E-state index contributed by atoms with van der Waals surface area (Å²) >= 11 is 1.52. The highest BCUT2D eigenvalue weighted by Gasteiger charge is 2.38. The van der Waals surface area contributed by atoms with Gasteiger partial charge in [-0.2, -0.15) is 0 Å². The summed E-state index contributed by atoms with van der Waals surface area (Å²) in [7, 11) is 0. The van der Waals surface area contributed by atoms with Crippen LogP contribution in [0.5, 0.6) is 0 Å². The summed E-state index contributed by atoms with van der Waals surface area (Å²) in [5, 5.41) is 2.63. The third kappa shape index (κ3) is 1.49. The van der Waals surface area contributed by atoms with Crippen molar-refractivity contribution < 1.29 is 9.59 Å². The van der Waals surface area contributed by atoms with E-state index < -0.39 is 6.03 Å². The van der Waals surface area contributed by atoms with Crippen LogP contribution in [0.15, 0.2) is 12.3 Å². The molecule has 1 unspecified atom stereocenters. The average Bonchev–Trinajstić information content (AvgIpc) is 2.01. The topological polar surface area (TPSA) is 75.4 Å². The number of nitrogens with two attached hydrogens (primary N) is 1. The minimum absolute atomic E-state index is 0.105. The van der Waals surface area contributed by atoms with E-state index in [2.05, 4.69) is 5.32 Å². The van der Waals surface area contributed by atoms with Gasteiger partial charge < -0.3 is 16.0 Å². The molecule has 2 aliphatic rings. The van der Waals surface area contributed by atoms with Gasteiger partial charge in [0.2, 0.25) is 5.91 Å². The summed E-state index contributed by atoms with van der Waals surface area (Å²) in [5.41, 5.74) is 4.97. The second-order valence-corrected chi connectivity index (χ2v) is 4.19. The zero-order valence-corrected chi connectivity index (χ0v) is 7.58. The van der Waals surface area contributed by atoms with Crippen LogP contribution in [-0.2, 0) is 4.79 Å². The standard InChI is InChI=1S/C7H9N3O2S/c8-7(12)9-4-1-2-10-5(11)3-6(10)13-4/h1-2,4,6H,3H2,(H3,8,9,12)/t4?,6-/m1/s1. The first-order chi connectivity index (χ1) is 6.16. The number of hydrogen-bond donors (Lipinski definition) is 2. The molecule has 0 radical (unpaired) electrons. The van der Waals surface area contributed by atoms with Crippen molar-refractivity contribution in [3.05, 3.63) is 12.3 Å². The Morgan fingerprint density at radius 3 is 3.08 bits per heavy atom. The summed E-state index contributed by atoms with van der Waals surface area (Å²) in [6, 6.07) is -0.541. The molecular weight excluding hydrogens is 190 g/mol. The molecule has 70 valence electrons. The fourth-order valence-electron chi connectivity index (χ4n) is 1.30. The number of carbonyl (C=O) groups is 2. The molecular formula is C7H9N3O2S. The van der Waals surface area contributed by atoms with Crippen molar-refractivity contribution in [1.29, 1.82) is 0 Å². The van der Waals surface area contributed by atoms with Gasteiger partial charge in [-0.05, 0) is 6.08 Å². The molecule has 6 heteroatoms. The fraction of sp³-hybridized carbons (Fsp3) is 0.429. The molecule has 2 aliphatic heterocycles. The van der Waals surface area contributed by atoms with Crippen molar-refractivity contribution in [2.24, 2.45) is 5.73 Å². The number of carbonyl (C=O) groups excluding carboxylic acids is 2. The molecule has 0 spiro atoms. The molecule has 0 bridgehead atoms. The van der Waals surface area contributed by atoms with E-state index in [1.165, 1.54) is 11.8 Å². The average molecular weight is 199 g/mol. The molecule has 0 aromatic rings. The van der Waals surface area contributed by atoms with Crippen LogP contribution < -0.4 is 11.1 Å². The SMILES string of the molecule is NC(=O)NC1C=CN2C(=O)C[C@H]2S1. The first kappa shape index (κ1) is 8.43. The molecule has 0 aromatic heterocycles. The van der Waals surface area contributed by atoms with E-state index in [9.17, 15) is 9.59 Å². The first-order valence-corrected chi connectivity index (χ1v) is 4.82. The minimum atomic E-state index is -0.541. The molecule has 3 N–H and O–H groups in total. The lowest BCUT2D eigenvalue weighted by Gasteiger charge is -2.41. The summed E-state index contributed by atoms with van der Waals surface area (Å²) < 4.78 is 0. The lowest BCUT2D eigenvalue weighted by atomic mass is 10.2. The van der Waals surface area contributed by atoms with Gasteiger partial charge in [-0.3, -0.25) is 4.79 Å². The molecule has 2 atom stereocenters. The molecule has 0 aromatic carbocycles. The van der Waals surface area contributed by atoms with E-state index in [-0.39, 0.29) is 16.7 Å². The Hall–Kier alpha value is -1.17. The quantitative estimate of drug-likeness (QED) is 0.574. The van der Waals surface area contributed by atoms with Gasteiger partial charge in [-0.1, -0.05) is 0 Å². The smallest absolute Gasteiger partial charge is 0.313 e. The van der Waals surface area contributed by atoms with Gasteiger partial charge in [-0.15, -0.1) is 11.8 Å². The van der Waals surface area contributed by atoms with Crippen molar-refractivity contribution in [3.8, 4) is 0 Å². The number of urea groups is 1. The van der Waals surface area contributed by atoms with Gasteiger partial charge in [-0.25, -0.2) is 4.79 Å². The maximum absolute atomic E-state index is 10.9. The van der Waals surface area contributed by atoms with Crippen LogP contribution in [0.25, 0.3) is 0 Å². The predicted octanol–water partition coefficient (Wildman–Crippen LogP) is -0.200. The number of nitrogens with zero attached hydrogens (tertiary/aromatic N) is 1. The van der Waals surface area contributed by atoms with E-state index in [0.29, 0.717) is 6.42 Å². The predicted molar refractivity (Wildman–Crippen MR) is 48.5 cm³/mol. The number of fused-ring (bicyclic) bond motifs is 1. The summed E-state index contributed by atoms with van der Waals surface area (Å²) in [6.07, 6.45) is 4.00. The molecule has 3 amide bonds. The Kier molecular flexibility index (Phi) is 1.91. The Balaban J connectivity index is 1.97. The number of thioether (sulfide) groups is 1. The molecule has 13 heavy (non-hydrogen) atoms. The number of hydrogen-bond acceptors (Lipinski definition) is 3. The number of primary amides is 1. The van der Waals surface area contributed by atoms with Gasteiger partial charge in [0.15, 0.2) is 0 Å². The van der Waals surface area contributed by atoms with E-state index in [1.807, 2.05) is 0 Å². The third-order valence-corrected chi connectivity index (χ3v) is 3.23. The van der Waals surface area contributed by atoms with Gasteiger partial charge in [0, 0.05) is 6.20 Å². The molecule has 2 rings (SSSR count). The van der Waals surface area contributed by atoms with Crippen molar-refractivity contribution in [2.45, 2.75) is 17.2 Å². The van der Waals surface area contributed by atoms with Crippen LogP contribution in [0.4, 0.5) is 4.79 Å². The Bertz CT molecular complexity index is 291. The molecule has 1 saturated heterocycles. The largest absolute Gasteiger partial charge is 0.352 e. The van der Waals surface area contributed by atoms with Crippen LogP contribution in [0.2, 0.25) is 0 Å². The van der Waals surface area contributed by atoms with Crippen molar-refractivity contribution in [2.75, 3.05) is 0 Å². The zero-order chi connectivity index (χ0) is 9.42. The minimum Gasteiger partial charge on any atom is -0.352 e. The third-order valence-electron chi connectivity index (χ3n) is 1.96. The van der Waals surface area contributed by atoms with Crippen molar-refractivity contribution in [3.63, 3.8) is 0 Å². The number of amides is 3. The fourth-order valence-corrected chi connectivity index (χ4v) is 2.54. The molecule has 0 aliphatic carbocycles. The van der Waals surface area contributed by atoms with Crippen LogP contribution in [0.1, 0.15) is 6.42 Å². The summed E-state index contributed by atoms with van der Waals surface area (Å²) in [5.74, 6) is 0.131. The lowest BCUT2D eigenvalue weighted by molar-refractivity contribution is -0.137. The van der Waals surface area contributed by atoms with E-state index in [4.69, 9.17) is 5.73 Å². The highest BCUT2D eigenvalue weighted by molar-refractivity contribution is 8.00. The monoisotopic (exact) mass is 199 g/mol. The van der Waals surface area contributed by atoms with Gasteiger partial charge >= 0.3 is 6.03 Å². The van der Waals surface area contributed by atoms with E-state index in [0.717, 1.165) is 0 Å². The van der Waals surface area contributed by atoms with Crippen molar-refractivity contribution >= 4 is 23.7 Å².